The van der Waals surface area contributed by atoms with Crippen molar-refractivity contribution in [3.8, 4) is 5.75 Å². The normalized spacial score (nSPS) is 12.2. The number of benzene rings is 2. The molecule has 0 amide bonds. The van der Waals surface area contributed by atoms with E-state index in [0.717, 1.165) is 9.87 Å². The van der Waals surface area contributed by atoms with Gasteiger partial charge in [-0.1, -0.05) is 23.7 Å². The van der Waals surface area contributed by atoms with E-state index >= 15 is 0 Å². The second-order valence-corrected chi connectivity index (χ2v) is 10.6. The average Bonchev–Trinajstić information content (AvgIpc) is 2.61. The van der Waals surface area contributed by atoms with Gasteiger partial charge < -0.3 is 4.74 Å². The Labute approximate surface area is 171 Å². The first-order valence-electron chi connectivity index (χ1n) is 8.49. The molecule has 0 saturated carbocycles. The highest BCUT2D eigenvalue weighted by atomic mass is 35.5. The van der Waals surface area contributed by atoms with Crippen molar-refractivity contribution in [1.29, 1.82) is 0 Å². The maximum atomic E-state index is 12.6. The lowest BCUT2D eigenvalue weighted by Gasteiger charge is -2.16. The van der Waals surface area contributed by atoms with Gasteiger partial charge in [-0.15, -0.1) is 0 Å². The van der Waals surface area contributed by atoms with Gasteiger partial charge in [-0.3, -0.25) is 4.72 Å². The molecule has 0 heterocycles. The van der Waals surface area contributed by atoms with Gasteiger partial charge in [-0.25, -0.2) is 21.1 Å². The number of nitrogens with one attached hydrogen (secondary N) is 1. The van der Waals surface area contributed by atoms with Crippen LogP contribution in [0.2, 0.25) is 5.02 Å². The molecular weight excluding hydrogens is 424 g/mol. The van der Waals surface area contributed by atoms with E-state index in [9.17, 15) is 16.8 Å². The van der Waals surface area contributed by atoms with Crippen LogP contribution in [0.25, 0.3) is 0 Å². The third-order valence-corrected chi connectivity index (χ3v) is 7.16. The van der Waals surface area contributed by atoms with Gasteiger partial charge in [0.2, 0.25) is 20.0 Å². The van der Waals surface area contributed by atoms with Crippen molar-refractivity contribution >= 4 is 37.3 Å². The van der Waals surface area contributed by atoms with Gasteiger partial charge in [0.25, 0.3) is 0 Å². The first-order chi connectivity index (χ1) is 13.0. The number of anilines is 1. The monoisotopic (exact) mass is 446 g/mol. The number of halogens is 1. The molecule has 0 aliphatic heterocycles. The van der Waals surface area contributed by atoms with Crippen molar-refractivity contribution in [2.45, 2.75) is 18.2 Å². The van der Waals surface area contributed by atoms with Crippen molar-refractivity contribution in [3.05, 3.63) is 53.1 Å². The van der Waals surface area contributed by atoms with Crippen LogP contribution in [-0.2, 0) is 26.5 Å². The minimum Gasteiger partial charge on any atom is -0.492 e. The maximum absolute atomic E-state index is 12.6. The third-order valence-electron chi connectivity index (χ3n) is 3.84. The van der Waals surface area contributed by atoms with E-state index in [1.54, 1.807) is 31.2 Å². The fourth-order valence-corrected chi connectivity index (χ4v) is 4.65. The summed E-state index contributed by atoms with van der Waals surface area (Å²) in [6.45, 7) is 2.05. The van der Waals surface area contributed by atoms with E-state index in [1.165, 1.54) is 32.3 Å². The summed E-state index contributed by atoms with van der Waals surface area (Å²) in [5, 5.41) is 0.531. The topological polar surface area (TPSA) is 92.8 Å². The van der Waals surface area contributed by atoms with Crippen molar-refractivity contribution < 1.29 is 21.6 Å². The second-order valence-electron chi connectivity index (χ2n) is 6.18. The quantitative estimate of drug-likeness (QED) is 0.639. The minimum atomic E-state index is -3.75. The van der Waals surface area contributed by atoms with E-state index < -0.39 is 20.0 Å². The first-order valence-corrected chi connectivity index (χ1v) is 12.0. The summed E-state index contributed by atoms with van der Waals surface area (Å²) in [5.74, 6) is 0.0651. The van der Waals surface area contributed by atoms with Crippen LogP contribution in [-0.4, -0.2) is 47.6 Å². The molecule has 10 heteroatoms. The molecule has 0 aromatic heterocycles. The van der Waals surface area contributed by atoms with Crippen molar-refractivity contribution in [2.24, 2.45) is 0 Å². The van der Waals surface area contributed by atoms with Gasteiger partial charge in [-0.05, 0) is 49.2 Å². The summed E-state index contributed by atoms with van der Waals surface area (Å²) in [5.41, 5.74) is 0.864. The minimum absolute atomic E-state index is 0.0338. The predicted molar refractivity (Wildman–Crippen MR) is 111 cm³/mol. The second kappa shape index (κ2) is 9.13. The lowest BCUT2D eigenvalue weighted by atomic mass is 10.2. The van der Waals surface area contributed by atoms with E-state index in [2.05, 4.69) is 4.72 Å². The Morgan fingerprint density at radius 2 is 1.79 bits per heavy atom. The smallest absolute Gasteiger partial charge is 0.242 e. The average molecular weight is 447 g/mol. The fraction of sp³-hybridized carbons (Fsp3) is 0.333. The summed E-state index contributed by atoms with van der Waals surface area (Å²) in [6, 6.07) is 11.0. The Morgan fingerprint density at radius 3 is 2.39 bits per heavy atom. The van der Waals surface area contributed by atoms with Crippen LogP contribution in [0.4, 0.5) is 5.69 Å². The largest absolute Gasteiger partial charge is 0.492 e. The van der Waals surface area contributed by atoms with Gasteiger partial charge in [-0.2, -0.15) is 0 Å². The lowest BCUT2D eigenvalue weighted by Crippen LogP contribution is -2.23. The van der Waals surface area contributed by atoms with Crippen LogP contribution < -0.4 is 9.46 Å². The number of nitrogens with zero attached hydrogens (tertiary/aromatic N) is 1. The number of ether oxygens (including phenoxy) is 1. The Hall–Kier alpha value is -1.81. The number of sulfonamides is 2. The molecule has 0 radical (unpaired) electrons. The molecule has 2 rings (SSSR count). The summed E-state index contributed by atoms with van der Waals surface area (Å²) in [4.78, 5) is -0.0338. The van der Waals surface area contributed by atoms with Crippen LogP contribution in [0, 0.1) is 0 Å². The van der Waals surface area contributed by atoms with Crippen LogP contribution >= 0.6 is 11.6 Å². The summed E-state index contributed by atoms with van der Waals surface area (Å²) in [6.07, 6.45) is 0.259. The highest BCUT2D eigenvalue weighted by Gasteiger charge is 2.21. The van der Waals surface area contributed by atoms with E-state index in [-0.39, 0.29) is 28.5 Å². The molecule has 1 N–H and O–H groups in total. The van der Waals surface area contributed by atoms with Gasteiger partial charge in [0, 0.05) is 19.1 Å². The number of hydrogen-bond acceptors (Lipinski definition) is 5. The Morgan fingerprint density at radius 1 is 1.07 bits per heavy atom. The van der Waals surface area contributed by atoms with Crippen molar-refractivity contribution in [1.82, 2.24) is 4.31 Å². The molecule has 2 aromatic carbocycles. The van der Waals surface area contributed by atoms with Crippen molar-refractivity contribution in [3.63, 3.8) is 0 Å². The Bertz CT molecular complexity index is 1040. The molecular formula is C18H23ClN2O5S2. The predicted octanol–water partition coefficient (Wildman–Crippen LogP) is 2.97. The molecule has 0 saturated heterocycles. The molecule has 7 nitrogen and oxygen atoms in total. The van der Waals surface area contributed by atoms with Crippen molar-refractivity contribution in [2.75, 3.05) is 31.2 Å². The first kappa shape index (κ1) is 22.5. The van der Waals surface area contributed by atoms with Crippen LogP contribution in [0.3, 0.4) is 0 Å². The molecule has 154 valence electrons. The molecule has 28 heavy (non-hydrogen) atoms. The van der Waals surface area contributed by atoms with Gasteiger partial charge in [0.15, 0.2) is 0 Å². The standard InChI is InChI=1S/C18H23ClN2O5S2/c1-4-26-18-9-8-16(28(24,25)21(2)3)13-17(18)20-27(22,23)11-10-14-6-5-7-15(19)12-14/h5-9,12-13,20H,4,10-11H2,1-3H3. The number of hydrogen-bond donors (Lipinski definition) is 1. The zero-order valence-corrected chi connectivity index (χ0v) is 18.2. The van der Waals surface area contributed by atoms with Crippen LogP contribution in [0.5, 0.6) is 5.75 Å². The molecule has 2 aromatic rings. The fourth-order valence-electron chi connectivity index (χ4n) is 2.40. The maximum Gasteiger partial charge on any atom is 0.242 e. The van der Waals surface area contributed by atoms with E-state index in [0.29, 0.717) is 11.6 Å². The Kier molecular flexibility index (Phi) is 7.33. The van der Waals surface area contributed by atoms with Gasteiger partial charge >= 0.3 is 0 Å². The van der Waals surface area contributed by atoms with Crippen LogP contribution in [0.15, 0.2) is 47.4 Å². The van der Waals surface area contributed by atoms with E-state index in [4.69, 9.17) is 16.3 Å². The zero-order valence-electron chi connectivity index (χ0n) is 15.8. The highest BCUT2D eigenvalue weighted by molar-refractivity contribution is 7.92. The molecule has 0 spiro atoms. The third kappa shape index (κ3) is 5.84. The SMILES string of the molecule is CCOc1ccc(S(=O)(=O)N(C)C)cc1NS(=O)(=O)CCc1cccc(Cl)c1. The molecule has 0 aliphatic carbocycles. The molecule has 0 aliphatic rings. The summed E-state index contributed by atoms with van der Waals surface area (Å²) < 4.78 is 58.7. The lowest BCUT2D eigenvalue weighted by molar-refractivity contribution is 0.342. The van der Waals surface area contributed by atoms with Crippen LogP contribution in [0.1, 0.15) is 12.5 Å². The number of rotatable bonds is 9. The van der Waals surface area contributed by atoms with Gasteiger partial charge in [0.05, 0.1) is 22.9 Å². The molecule has 0 unspecified atom stereocenters. The Balaban J connectivity index is 2.28. The molecule has 0 atom stereocenters. The summed E-state index contributed by atoms with van der Waals surface area (Å²) >= 11 is 5.92. The van der Waals surface area contributed by atoms with Gasteiger partial charge in [0.1, 0.15) is 5.75 Å². The zero-order chi connectivity index (χ0) is 20.9. The molecule has 0 fully saturated rings. The molecule has 0 bridgehead atoms. The highest BCUT2D eigenvalue weighted by Crippen LogP contribution is 2.30. The number of aryl methyl sites for hydroxylation is 1. The summed E-state index contributed by atoms with van der Waals surface area (Å²) in [7, 11) is -4.66. The van der Waals surface area contributed by atoms with E-state index in [1.807, 2.05) is 0 Å².